The van der Waals surface area contributed by atoms with Crippen molar-refractivity contribution in [3.05, 3.63) is 135 Å². The maximum absolute atomic E-state index is 15.7. The van der Waals surface area contributed by atoms with E-state index in [2.05, 4.69) is 4.74 Å². The van der Waals surface area contributed by atoms with Gasteiger partial charge in [0, 0.05) is 75.4 Å². The number of carbonyl (C=O) groups is 1. The topological polar surface area (TPSA) is 56.3 Å². The van der Waals surface area contributed by atoms with Crippen molar-refractivity contribution in [1.29, 1.82) is 0 Å². The van der Waals surface area contributed by atoms with E-state index < -0.39 is 150 Å². The van der Waals surface area contributed by atoms with Crippen LogP contribution in [-0.2, 0) is 28.0 Å². The molecule has 0 radical (unpaired) electrons. The Morgan fingerprint density at radius 2 is 1.75 bits per heavy atom. The third-order valence-electron chi connectivity index (χ3n) is 7.70. The number of carbonyl (C=O) groups excluding carboxylic acids is 1. The molecule has 1 atom stereocenters. The first-order chi connectivity index (χ1) is 32.7. The molecule has 0 bridgehead atoms. The molecule has 2 aliphatic heterocycles. The molecular formula is C41H42F5N3O3S. The molecule has 0 aromatic heterocycles. The second-order valence-corrected chi connectivity index (χ2v) is 12.3. The number of benzene rings is 4. The lowest BCUT2D eigenvalue weighted by atomic mass is 9.99. The largest absolute Gasteiger partial charge is 0.416 e. The number of hydrogen-bond donors (Lipinski definition) is 1. The summed E-state index contributed by atoms with van der Waals surface area (Å²) in [6, 6.07) is 3.11. The number of aliphatic hydroxyl groups excluding tert-OH is 1. The highest BCUT2D eigenvalue weighted by molar-refractivity contribution is 8.02. The summed E-state index contributed by atoms with van der Waals surface area (Å²) in [6.45, 7) is -21.3. The van der Waals surface area contributed by atoms with Gasteiger partial charge in [0.15, 0.2) is 11.6 Å². The molecule has 1 fully saturated rings. The molecule has 4 aromatic carbocycles. The Bertz CT molecular complexity index is 2790. The number of thioether (sulfide) groups is 1. The number of piperidine rings is 1. The fraction of sp³-hybridized carbons (Fsp3) is 0.341. The third-order valence-corrected chi connectivity index (χ3v) is 8.73. The van der Waals surface area contributed by atoms with Crippen LogP contribution in [0.1, 0.15) is 72.7 Å². The van der Waals surface area contributed by atoms with Crippen LogP contribution in [0.15, 0.2) is 95.9 Å². The molecule has 0 saturated carbocycles. The first kappa shape index (κ1) is 21.0. The number of amides is 1. The van der Waals surface area contributed by atoms with E-state index in [0.717, 1.165) is 61.5 Å². The molecule has 280 valence electrons. The van der Waals surface area contributed by atoms with Gasteiger partial charge in [-0.2, -0.15) is 13.2 Å². The molecule has 1 amide bonds. The number of alkyl halides is 3. The Morgan fingerprint density at radius 1 is 1.08 bits per heavy atom. The van der Waals surface area contributed by atoms with Crippen LogP contribution >= 0.6 is 11.8 Å². The lowest BCUT2D eigenvalue weighted by Crippen LogP contribution is -2.50. The lowest BCUT2D eigenvalue weighted by molar-refractivity contribution is -0.137. The van der Waals surface area contributed by atoms with Gasteiger partial charge in [0.2, 0.25) is 5.91 Å². The predicted octanol–water partition coefficient (Wildman–Crippen LogP) is 8.73. The minimum Gasteiger partial charge on any atom is -0.384 e. The van der Waals surface area contributed by atoms with Gasteiger partial charge in [-0.25, -0.2) is 8.78 Å². The quantitative estimate of drug-likeness (QED) is 0.146. The van der Waals surface area contributed by atoms with Crippen LogP contribution in [-0.4, -0.2) is 66.5 Å². The number of halogens is 5. The Balaban J connectivity index is 1.63. The van der Waals surface area contributed by atoms with Crippen LogP contribution in [0, 0.1) is 18.6 Å². The number of rotatable bonds is 12. The van der Waals surface area contributed by atoms with Gasteiger partial charge >= 0.3 is 6.18 Å². The van der Waals surface area contributed by atoms with Crippen LogP contribution < -0.4 is 4.90 Å². The summed E-state index contributed by atoms with van der Waals surface area (Å²) in [5.74, 6) is -5.83. The molecule has 1 saturated heterocycles. The Morgan fingerprint density at radius 3 is 2.42 bits per heavy atom. The summed E-state index contributed by atoms with van der Waals surface area (Å²) in [5, 5.41) is 10.6. The van der Waals surface area contributed by atoms with E-state index in [4.69, 9.17) is 16.4 Å². The van der Waals surface area contributed by atoms with Gasteiger partial charge in [0.1, 0.15) is 12.6 Å². The molecule has 2 aliphatic rings. The Kier molecular flexibility index (Phi) is 6.68. The zero-order valence-electron chi connectivity index (χ0n) is 46.7. The van der Waals surface area contributed by atoms with Crippen LogP contribution in [0.5, 0.6) is 0 Å². The van der Waals surface area contributed by atoms with Gasteiger partial charge in [-0.15, -0.1) is 11.8 Å². The average molecular weight is 771 g/mol. The second-order valence-electron chi connectivity index (χ2n) is 11.3. The Labute approximate surface area is 337 Å². The van der Waals surface area contributed by atoms with Crippen molar-refractivity contribution >= 4 is 23.4 Å². The first-order valence-corrected chi connectivity index (χ1v) is 16.5. The number of nitrogens with zero attached hydrogens (tertiary/aromatic N) is 3. The molecule has 6 rings (SSSR count). The van der Waals surface area contributed by atoms with Crippen LogP contribution in [0.4, 0.5) is 27.6 Å². The normalized spacial score (nSPS) is 27.4. The number of fused-ring (bicyclic) bond motifs is 1. The summed E-state index contributed by atoms with van der Waals surface area (Å²) in [5.41, 5.74) is -3.43. The SMILES string of the molecule is [2H]C1=C(SCc2cccc(F)c2F)N(C([2H])([2H])C(=O)N(Cc2ccc(-c3ccc(C(F)(F)F)cc3)cc2)C2([2H])C([2H])([2H])C([2H])([2H])N(C([2H])([2H])C([2H])([2H])OC)C([2H])([2H])C2([2H])[2H])c2c([2H])c([2H])c(C)c([2H])c2C1O. The number of anilines is 1. The van der Waals surface area contributed by atoms with Gasteiger partial charge in [-0.3, -0.25) is 4.79 Å². The standard InChI is InChI=1S/C41H42F5N3O3S/c1-27-6-15-36-34(22-27)37(50)23-39(53-26-31-4-3-5-35(42)40(31)43)49(36)25-38(51)48(33-16-18-47(19-17-33)20-21-52-2)24-28-7-9-29(10-8-28)30-11-13-32(14-12-30)41(44,45)46/h3-15,22-23,33,37,50H,16-21,24-26H2,1-2H3/i6D,15D,16D2,17D2,18D2,19D2,20D2,21D2,22D,23D,25D2,33D. The lowest BCUT2D eigenvalue weighted by Gasteiger charge is -2.40. The zero-order valence-corrected chi connectivity index (χ0v) is 28.6. The smallest absolute Gasteiger partial charge is 0.384 e. The summed E-state index contributed by atoms with van der Waals surface area (Å²) in [4.78, 5) is 14.7. The minimum atomic E-state index is -4.70. The van der Waals surface area contributed by atoms with Crippen molar-refractivity contribution in [3.8, 4) is 11.1 Å². The highest BCUT2D eigenvalue weighted by Gasteiger charge is 2.33. The molecule has 53 heavy (non-hydrogen) atoms. The summed E-state index contributed by atoms with van der Waals surface area (Å²) in [6.07, 6.45) is -16.0. The van der Waals surface area contributed by atoms with E-state index in [1.807, 2.05) is 0 Å². The predicted molar refractivity (Wildman–Crippen MR) is 198 cm³/mol. The van der Waals surface area contributed by atoms with Gasteiger partial charge < -0.3 is 24.5 Å². The highest BCUT2D eigenvalue weighted by atomic mass is 32.2. The monoisotopic (exact) mass is 770 g/mol. The van der Waals surface area contributed by atoms with Crippen LogP contribution in [0.3, 0.4) is 0 Å². The molecule has 1 unspecified atom stereocenters. The van der Waals surface area contributed by atoms with Crippen molar-refractivity contribution in [2.75, 3.05) is 44.6 Å². The van der Waals surface area contributed by atoms with Gasteiger partial charge in [0.25, 0.3) is 0 Å². The average Bonchev–Trinajstić information content (AvgIpc) is 3.29. The molecule has 0 spiro atoms. The Hall–Kier alpha value is -4.23. The molecule has 0 aliphatic carbocycles. The minimum absolute atomic E-state index is 0.152. The van der Waals surface area contributed by atoms with E-state index in [1.165, 1.54) is 12.1 Å². The van der Waals surface area contributed by atoms with Crippen molar-refractivity contribution in [3.63, 3.8) is 0 Å². The van der Waals surface area contributed by atoms with E-state index in [0.29, 0.717) is 7.11 Å². The van der Waals surface area contributed by atoms with E-state index in [1.54, 1.807) is 0 Å². The third kappa shape index (κ3) is 9.29. The highest BCUT2D eigenvalue weighted by Crippen LogP contribution is 2.41. The van der Waals surface area contributed by atoms with Crippen molar-refractivity contribution < 1.29 is 62.6 Å². The van der Waals surface area contributed by atoms with Crippen molar-refractivity contribution in [2.45, 2.75) is 50.3 Å². The number of aliphatic hydroxyl groups is 1. The van der Waals surface area contributed by atoms with Crippen LogP contribution in [0.2, 0.25) is 0 Å². The van der Waals surface area contributed by atoms with Gasteiger partial charge in [-0.1, -0.05) is 66.2 Å². The summed E-state index contributed by atoms with van der Waals surface area (Å²) in [7, 11) is 0.572. The fourth-order valence-corrected chi connectivity index (χ4v) is 6.04. The fourth-order valence-electron chi connectivity index (χ4n) is 5.07. The van der Waals surface area contributed by atoms with Gasteiger partial charge in [0.05, 0.1) is 29.5 Å². The molecule has 1 N–H and O–H groups in total. The summed E-state index contributed by atoms with van der Waals surface area (Å²) < 4.78 is 245. The summed E-state index contributed by atoms with van der Waals surface area (Å²) >= 11 is 0.246. The maximum Gasteiger partial charge on any atom is 0.416 e. The number of likely N-dealkylation sites (tertiary alicyclic amines) is 1. The second kappa shape index (κ2) is 16.8. The van der Waals surface area contributed by atoms with Crippen LogP contribution in [0.25, 0.3) is 11.1 Å². The molecular weight excluding hydrogens is 710 g/mol. The van der Waals surface area contributed by atoms with E-state index in [-0.39, 0.29) is 43.8 Å². The molecule has 6 nitrogen and oxygen atoms in total. The number of hydrogen-bond acceptors (Lipinski definition) is 6. The van der Waals surface area contributed by atoms with Crippen molar-refractivity contribution in [2.24, 2.45) is 0 Å². The van der Waals surface area contributed by atoms with E-state index in [9.17, 15) is 32.3 Å². The van der Waals surface area contributed by atoms with Crippen molar-refractivity contribution in [1.82, 2.24) is 9.80 Å². The zero-order chi connectivity index (χ0) is 54.7. The molecule has 2 heterocycles. The van der Waals surface area contributed by atoms with Gasteiger partial charge in [-0.05, 0) is 66.7 Å². The maximum atomic E-state index is 15.7. The number of methoxy groups -OCH3 is 1. The number of ether oxygens (including phenoxy) is 1. The van der Waals surface area contributed by atoms with E-state index >= 15 is 9.18 Å². The molecule has 12 heteroatoms. The molecule has 4 aromatic rings. The first-order valence-electron chi connectivity index (χ1n) is 25.0.